The first kappa shape index (κ1) is 22.0. The van der Waals surface area contributed by atoms with Crippen molar-refractivity contribution in [2.75, 3.05) is 26.2 Å². The molecule has 1 saturated heterocycles. The molecule has 0 N–H and O–H groups in total. The molecule has 3 aromatic rings. The minimum atomic E-state index is -3.80. The number of sulfonamides is 1. The quantitative estimate of drug-likeness (QED) is 0.563. The van der Waals surface area contributed by atoms with Gasteiger partial charge < -0.3 is 4.90 Å². The number of carbonyl (C=O) groups is 1. The van der Waals surface area contributed by atoms with E-state index < -0.39 is 10.0 Å². The Morgan fingerprint density at radius 3 is 2.42 bits per heavy atom. The second-order valence-corrected chi connectivity index (χ2v) is 10.3. The van der Waals surface area contributed by atoms with Gasteiger partial charge in [0.05, 0.1) is 26.8 Å². The molecule has 1 amide bonds. The molecule has 1 aromatic heterocycles. The van der Waals surface area contributed by atoms with E-state index in [0.29, 0.717) is 11.3 Å². The van der Waals surface area contributed by atoms with Gasteiger partial charge in [-0.15, -0.1) is 0 Å². The summed E-state index contributed by atoms with van der Waals surface area (Å²) >= 11 is 12.1. The van der Waals surface area contributed by atoms with Crippen LogP contribution in [-0.4, -0.2) is 54.7 Å². The van der Waals surface area contributed by atoms with E-state index in [1.165, 1.54) is 10.4 Å². The van der Waals surface area contributed by atoms with E-state index in [9.17, 15) is 13.2 Å². The lowest BCUT2D eigenvalue weighted by Crippen LogP contribution is -2.50. The molecule has 2 heterocycles. The van der Waals surface area contributed by atoms with Crippen LogP contribution >= 0.6 is 23.2 Å². The molecule has 0 unspecified atom stereocenters. The van der Waals surface area contributed by atoms with Crippen LogP contribution in [0.2, 0.25) is 10.0 Å². The van der Waals surface area contributed by atoms with Gasteiger partial charge in [0.2, 0.25) is 10.0 Å². The maximum absolute atomic E-state index is 13.2. The van der Waals surface area contributed by atoms with Crippen LogP contribution in [0.25, 0.3) is 10.9 Å². The van der Waals surface area contributed by atoms with Crippen molar-refractivity contribution in [3.63, 3.8) is 0 Å². The fraction of sp³-hybridized carbons (Fsp3) is 0.273. The molecule has 1 fully saturated rings. The number of amides is 1. The predicted molar refractivity (Wildman–Crippen MR) is 122 cm³/mol. The van der Waals surface area contributed by atoms with E-state index in [-0.39, 0.29) is 47.0 Å². The summed E-state index contributed by atoms with van der Waals surface area (Å²) in [5.41, 5.74) is 3.12. The monoisotopic (exact) mass is 477 g/mol. The number of benzene rings is 2. The topological polar surface area (TPSA) is 70.6 Å². The lowest BCUT2D eigenvalue weighted by Gasteiger charge is -2.34. The van der Waals surface area contributed by atoms with Crippen LogP contribution in [0.15, 0.2) is 47.4 Å². The Morgan fingerprint density at radius 1 is 1.00 bits per heavy atom. The van der Waals surface area contributed by atoms with E-state index in [4.69, 9.17) is 23.2 Å². The molecule has 6 nitrogen and oxygen atoms in total. The second kappa shape index (κ2) is 8.39. The molecule has 0 spiro atoms. The van der Waals surface area contributed by atoms with Crippen LogP contribution in [0.3, 0.4) is 0 Å². The molecule has 0 bridgehead atoms. The van der Waals surface area contributed by atoms with Crippen LogP contribution in [0.1, 0.15) is 21.6 Å². The van der Waals surface area contributed by atoms with Crippen molar-refractivity contribution in [1.29, 1.82) is 0 Å². The summed E-state index contributed by atoms with van der Waals surface area (Å²) in [4.78, 5) is 19.4. The first-order valence-electron chi connectivity index (χ1n) is 9.80. The van der Waals surface area contributed by atoms with Gasteiger partial charge in [-0.1, -0.05) is 40.9 Å². The Labute approximate surface area is 191 Å². The van der Waals surface area contributed by atoms with Gasteiger partial charge in [-0.2, -0.15) is 4.31 Å². The highest BCUT2D eigenvalue weighted by Gasteiger charge is 2.32. The van der Waals surface area contributed by atoms with Gasteiger partial charge in [-0.05, 0) is 44.2 Å². The molecule has 9 heteroatoms. The molecular weight excluding hydrogens is 457 g/mol. The van der Waals surface area contributed by atoms with Crippen molar-refractivity contribution in [3.05, 3.63) is 69.3 Å². The zero-order chi connectivity index (χ0) is 22.3. The summed E-state index contributed by atoms with van der Waals surface area (Å²) in [6, 6.07) is 12.3. The molecule has 0 aliphatic carbocycles. The average molecular weight is 478 g/mol. The third-order valence-corrected chi connectivity index (χ3v) is 8.32. The number of halogens is 2. The molecule has 1 aliphatic rings. The second-order valence-electron chi connectivity index (χ2n) is 7.57. The Bertz CT molecular complexity index is 1290. The zero-order valence-electron chi connectivity index (χ0n) is 17.1. The number of aryl methyl sites for hydroxylation is 2. The molecule has 0 radical (unpaired) electrons. The highest BCUT2D eigenvalue weighted by molar-refractivity contribution is 7.89. The molecule has 162 valence electrons. The minimum Gasteiger partial charge on any atom is -0.336 e. The smallest absolute Gasteiger partial charge is 0.255 e. The first-order valence-corrected chi connectivity index (χ1v) is 12.0. The fourth-order valence-corrected chi connectivity index (χ4v) is 5.89. The number of pyridine rings is 1. The number of rotatable bonds is 3. The maximum atomic E-state index is 13.2. The molecular formula is C22H21Cl2N3O3S. The van der Waals surface area contributed by atoms with Crippen molar-refractivity contribution < 1.29 is 13.2 Å². The Kier molecular flexibility index (Phi) is 5.96. The maximum Gasteiger partial charge on any atom is 0.255 e. The molecule has 2 aromatic carbocycles. The van der Waals surface area contributed by atoms with Gasteiger partial charge in [-0.3, -0.25) is 9.78 Å². The van der Waals surface area contributed by atoms with Crippen LogP contribution in [0.5, 0.6) is 0 Å². The molecule has 1 aliphatic heterocycles. The van der Waals surface area contributed by atoms with Crippen molar-refractivity contribution in [3.8, 4) is 0 Å². The average Bonchev–Trinajstić information content (AvgIpc) is 2.75. The number of carbonyl (C=O) groups excluding carboxylic acids is 1. The first-order chi connectivity index (χ1) is 14.7. The number of piperazine rings is 1. The summed E-state index contributed by atoms with van der Waals surface area (Å²) < 4.78 is 27.4. The molecule has 0 atom stereocenters. The summed E-state index contributed by atoms with van der Waals surface area (Å²) in [7, 11) is -3.80. The lowest BCUT2D eigenvalue weighted by molar-refractivity contribution is 0.0697. The van der Waals surface area contributed by atoms with E-state index in [1.54, 1.807) is 17.0 Å². The lowest BCUT2D eigenvalue weighted by atomic mass is 10.1. The molecule has 4 rings (SSSR count). The number of nitrogens with zero attached hydrogens (tertiary/aromatic N) is 3. The molecule has 31 heavy (non-hydrogen) atoms. The zero-order valence-corrected chi connectivity index (χ0v) is 19.4. The highest BCUT2D eigenvalue weighted by atomic mass is 35.5. The standard InChI is InChI=1S/C22H21Cl2N3O3S/c1-14-6-7-19-16(12-14)13-17(15(2)25-19)22(28)26-8-10-27(11-9-26)31(29,30)20-5-3-4-18(23)21(20)24/h3-7,12-13H,8-11H2,1-2H3. The summed E-state index contributed by atoms with van der Waals surface area (Å²) in [5.74, 6) is -0.147. The largest absolute Gasteiger partial charge is 0.336 e. The van der Waals surface area contributed by atoms with Crippen LogP contribution in [0.4, 0.5) is 0 Å². The number of aromatic nitrogens is 1. The van der Waals surface area contributed by atoms with Gasteiger partial charge >= 0.3 is 0 Å². The molecule has 0 saturated carbocycles. The van der Waals surface area contributed by atoms with Gasteiger partial charge in [0.25, 0.3) is 5.91 Å². The van der Waals surface area contributed by atoms with Crippen LogP contribution in [0, 0.1) is 13.8 Å². The Balaban J connectivity index is 1.54. The van der Waals surface area contributed by atoms with Crippen molar-refractivity contribution in [1.82, 2.24) is 14.2 Å². The third-order valence-electron chi connectivity index (χ3n) is 5.45. The number of hydrogen-bond acceptors (Lipinski definition) is 4. The summed E-state index contributed by atoms with van der Waals surface area (Å²) in [6.07, 6.45) is 0. The van der Waals surface area contributed by atoms with E-state index in [2.05, 4.69) is 4.98 Å². The van der Waals surface area contributed by atoms with Crippen molar-refractivity contribution >= 4 is 50.0 Å². The third kappa shape index (κ3) is 4.15. The van der Waals surface area contributed by atoms with Crippen molar-refractivity contribution in [2.45, 2.75) is 18.7 Å². The highest BCUT2D eigenvalue weighted by Crippen LogP contribution is 2.31. The van der Waals surface area contributed by atoms with Crippen LogP contribution in [-0.2, 0) is 10.0 Å². The van der Waals surface area contributed by atoms with Gasteiger partial charge in [0.15, 0.2) is 0 Å². The Hall–Kier alpha value is -2.19. The number of hydrogen-bond donors (Lipinski definition) is 0. The summed E-state index contributed by atoms with van der Waals surface area (Å²) in [6.45, 7) is 4.72. The van der Waals surface area contributed by atoms with E-state index >= 15 is 0 Å². The van der Waals surface area contributed by atoms with Crippen molar-refractivity contribution in [2.24, 2.45) is 0 Å². The van der Waals surface area contributed by atoms with Gasteiger partial charge in [0, 0.05) is 31.6 Å². The van der Waals surface area contributed by atoms with Crippen LogP contribution < -0.4 is 0 Å². The SMILES string of the molecule is Cc1ccc2nc(C)c(C(=O)N3CCN(S(=O)(=O)c4cccc(Cl)c4Cl)CC3)cc2c1. The normalized spacial score (nSPS) is 15.4. The Morgan fingerprint density at radius 2 is 1.71 bits per heavy atom. The van der Waals surface area contributed by atoms with Gasteiger partial charge in [0.1, 0.15) is 4.90 Å². The fourth-order valence-electron chi connectivity index (χ4n) is 3.73. The minimum absolute atomic E-state index is 0.0100. The van der Waals surface area contributed by atoms with E-state index in [1.807, 2.05) is 38.1 Å². The van der Waals surface area contributed by atoms with E-state index in [0.717, 1.165) is 16.5 Å². The number of fused-ring (bicyclic) bond motifs is 1. The van der Waals surface area contributed by atoms with Gasteiger partial charge in [-0.25, -0.2) is 8.42 Å². The summed E-state index contributed by atoms with van der Waals surface area (Å²) in [5, 5.41) is 1.10. The predicted octanol–water partition coefficient (Wildman–Crippen LogP) is 4.31.